The number of nitrogens with one attached hydrogen (secondary N) is 1. The lowest BCUT2D eigenvalue weighted by Crippen LogP contribution is -2.17. The van der Waals surface area contributed by atoms with Crippen LogP contribution in [0.4, 0.5) is 11.5 Å². The smallest absolute Gasteiger partial charge is 0.328 e. The fraction of sp³-hybridized carbons (Fsp3) is 0.154. The summed E-state index contributed by atoms with van der Waals surface area (Å²) < 4.78 is 1.25. The molecule has 0 saturated carbocycles. The molecule has 0 amide bonds. The molecular formula is C13H13N5O. The van der Waals surface area contributed by atoms with E-state index in [1.807, 2.05) is 49.2 Å². The zero-order valence-corrected chi connectivity index (χ0v) is 10.7. The lowest BCUT2D eigenvalue weighted by atomic mass is 10.2. The first kappa shape index (κ1) is 11.5. The van der Waals surface area contributed by atoms with Crippen LogP contribution in [0.3, 0.4) is 0 Å². The number of rotatable bonds is 2. The summed E-state index contributed by atoms with van der Waals surface area (Å²) in [7, 11) is 1.91. The molecule has 2 heterocycles. The molecule has 0 aliphatic carbocycles. The molecule has 0 bridgehead atoms. The van der Waals surface area contributed by atoms with Crippen LogP contribution < -0.4 is 10.6 Å². The third-order valence-electron chi connectivity index (χ3n) is 3.02. The number of nitrogens with zero attached hydrogens (tertiary/aromatic N) is 4. The highest BCUT2D eigenvalue weighted by Crippen LogP contribution is 2.21. The summed E-state index contributed by atoms with van der Waals surface area (Å²) in [5.74, 6) is 0.680. The molecule has 1 aromatic carbocycles. The summed E-state index contributed by atoms with van der Waals surface area (Å²) >= 11 is 0. The average Bonchev–Trinajstić information content (AvgIpc) is 2.80. The maximum absolute atomic E-state index is 11.5. The van der Waals surface area contributed by atoms with Gasteiger partial charge in [-0.25, -0.2) is 9.89 Å². The summed E-state index contributed by atoms with van der Waals surface area (Å²) in [6.45, 7) is 2.04. The predicted molar refractivity (Wildman–Crippen MR) is 72.8 cm³/mol. The topological polar surface area (TPSA) is 66.3 Å². The maximum atomic E-state index is 11.5. The molecule has 0 atom stereocenters. The second-order valence-corrected chi connectivity index (χ2v) is 4.38. The van der Waals surface area contributed by atoms with Gasteiger partial charge in [0.2, 0.25) is 0 Å². The Bertz CT molecular complexity index is 772. The lowest BCUT2D eigenvalue weighted by Gasteiger charge is -2.18. The molecule has 96 valence electrons. The largest absolute Gasteiger partial charge is 0.364 e. The van der Waals surface area contributed by atoms with Crippen molar-refractivity contribution in [3.8, 4) is 0 Å². The Morgan fingerprint density at radius 3 is 2.63 bits per heavy atom. The Morgan fingerprint density at radius 1 is 1.16 bits per heavy atom. The average molecular weight is 255 g/mol. The summed E-state index contributed by atoms with van der Waals surface area (Å²) in [6.07, 6.45) is 0. The van der Waals surface area contributed by atoms with Crippen LogP contribution in [0.5, 0.6) is 0 Å². The standard InChI is InChI=1S/C13H13N5O/c1-9-3-5-10(6-4-9)17(2)12-8-7-11-14-15-13(19)18(11)16-12/h3-8H,1-2H3,(H,15,19). The predicted octanol–water partition coefficient (Wildman–Crippen LogP) is 1.49. The Labute approximate surface area is 109 Å². The van der Waals surface area contributed by atoms with Crippen molar-refractivity contribution in [1.82, 2.24) is 19.8 Å². The first-order valence-corrected chi connectivity index (χ1v) is 5.90. The highest BCUT2D eigenvalue weighted by atomic mass is 16.2. The van der Waals surface area contributed by atoms with Crippen LogP contribution in [0.25, 0.3) is 5.65 Å². The van der Waals surface area contributed by atoms with Gasteiger partial charge in [0, 0.05) is 12.7 Å². The maximum Gasteiger partial charge on any atom is 0.364 e. The van der Waals surface area contributed by atoms with Gasteiger partial charge in [-0.2, -0.15) is 9.61 Å². The molecule has 6 heteroatoms. The van der Waals surface area contributed by atoms with Crippen LogP contribution in [0.1, 0.15) is 5.56 Å². The van der Waals surface area contributed by atoms with E-state index in [-0.39, 0.29) is 5.69 Å². The second-order valence-electron chi connectivity index (χ2n) is 4.38. The number of fused-ring (bicyclic) bond motifs is 1. The minimum absolute atomic E-state index is 0.339. The molecule has 3 rings (SSSR count). The van der Waals surface area contributed by atoms with Crippen molar-refractivity contribution in [3.63, 3.8) is 0 Å². The van der Waals surface area contributed by atoms with E-state index in [1.54, 1.807) is 6.07 Å². The molecular weight excluding hydrogens is 242 g/mol. The molecule has 0 spiro atoms. The summed E-state index contributed by atoms with van der Waals surface area (Å²) in [5, 5.41) is 10.5. The van der Waals surface area contributed by atoms with Gasteiger partial charge in [-0.1, -0.05) is 17.7 Å². The highest BCUT2D eigenvalue weighted by molar-refractivity contribution is 5.60. The number of hydrogen-bond donors (Lipinski definition) is 1. The van der Waals surface area contributed by atoms with Gasteiger partial charge >= 0.3 is 5.69 Å². The molecule has 19 heavy (non-hydrogen) atoms. The van der Waals surface area contributed by atoms with Crippen LogP contribution >= 0.6 is 0 Å². The fourth-order valence-corrected chi connectivity index (χ4v) is 1.87. The van der Waals surface area contributed by atoms with Gasteiger partial charge in [0.1, 0.15) is 0 Å². The molecule has 2 aromatic heterocycles. The molecule has 0 fully saturated rings. The van der Waals surface area contributed by atoms with Gasteiger partial charge in [-0.3, -0.25) is 0 Å². The molecule has 0 aliphatic heterocycles. The Hall–Kier alpha value is -2.63. The van der Waals surface area contributed by atoms with Crippen molar-refractivity contribution in [1.29, 1.82) is 0 Å². The van der Waals surface area contributed by atoms with Crippen LogP contribution in [0.2, 0.25) is 0 Å². The van der Waals surface area contributed by atoms with Crippen LogP contribution in [-0.2, 0) is 0 Å². The molecule has 3 aromatic rings. The fourth-order valence-electron chi connectivity index (χ4n) is 1.87. The van der Waals surface area contributed by atoms with E-state index in [1.165, 1.54) is 10.1 Å². The molecule has 0 radical (unpaired) electrons. The number of aromatic amines is 1. The van der Waals surface area contributed by atoms with E-state index in [0.717, 1.165) is 5.69 Å². The zero-order valence-electron chi connectivity index (χ0n) is 10.7. The Balaban J connectivity index is 2.05. The minimum atomic E-state index is -0.339. The SMILES string of the molecule is Cc1ccc(N(C)c2ccc3n[nH]c(=O)n3n2)cc1. The summed E-state index contributed by atoms with van der Waals surface area (Å²) in [4.78, 5) is 13.4. The van der Waals surface area contributed by atoms with Gasteiger partial charge in [0.25, 0.3) is 0 Å². The number of H-pyrrole nitrogens is 1. The number of aromatic nitrogens is 4. The van der Waals surface area contributed by atoms with Crippen molar-refractivity contribution in [2.75, 3.05) is 11.9 Å². The van der Waals surface area contributed by atoms with Gasteiger partial charge in [0.15, 0.2) is 11.5 Å². The van der Waals surface area contributed by atoms with E-state index in [4.69, 9.17) is 0 Å². The van der Waals surface area contributed by atoms with Crippen LogP contribution in [0, 0.1) is 6.92 Å². The van der Waals surface area contributed by atoms with Gasteiger partial charge in [0.05, 0.1) is 0 Å². The number of hydrogen-bond acceptors (Lipinski definition) is 4. The molecule has 0 saturated heterocycles. The van der Waals surface area contributed by atoms with Crippen LogP contribution in [0.15, 0.2) is 41.2 Å². The Morgan fingerprint density at radius 2 is 1.89 bits per heavy atom. The summed E-state index contributed by atoms with van der Waals surface area (Å²) in [5.41, 5.74) is 2.38. The molecule has 0 aliphatic rings. The first-order valence-electron chi connectivity index (χ1n) is 5.90. The normalized spacial score (nSPS) is 10.8. The van der Waals surface area contributed by atoms with E-state index in [9.17, 15) is 4.79 Å². The molecule has 1 N–H and O–H groups in total. The number of benzene rings is 1. The zero-order chi connectivity index (χ0) is 13.4. The lowest BCUT2D eigenvalue weighted by molar-refractivity contribution is 0.867. The second kappa shape index (κ2) is 4.24. The van der Waals surface area contributed by atoms with Crippen molar-refractivity contribution in [2.45, 2.75) is 6.92 Å². The van der Waals surface area contributed by atoms with Crippen molar-refractivity contribution < 1.29 is 0 Å². The first-order chi connectivity index (χ1) is 9.15. The van der Waals surface area contributed by atoms with E-state index in [2.05, 4.69) is 15.3 Å². The summed E-state index contributed by atoms with van der Waals surface area (Å²) in [6, 6.07) is 11.7. The monoisotopic (exact) mass is 255 g/mol. The highest BCUT2D eigenvalue weighted by Gasteiger charge is 2.08. The van der Waals surface area contributed by atoms with Crippen molar-refractivity contribution in [2.24, 2.45) is 0 Å². The third-order valence-corrected chi connectivity index (χ3v) is 3.02. The van der Waals surface area contributed by atoms with E-state index in [0.29, 0.717) is 11.5 Å². The minimum Gasteiger partial charge on any atom is -0.328 e. The van der Waals surface area contributed by atoms with Gasteiger partial charge < -0.3 is 4.90 Å². The molecule has 0 unspecified atom stereocenters. The van der Waals surface area contributed by atoms with Crippen molar-refractivity contribution >= 4 is 17.2 Å². The Kier molecular flexibility index (Phi) is 2.56. The van der Waals surface area contributed by atoms with Crippen LogP contribution in [-0.4, -0.2) is 26.9 Å². The van der Waals surface area contributed by atoms with Crippen molar-refractivity contribution in [3.05, 3.63) is 52.4 Å². The number of aryl methyl sites for hydroxylation is 1. The molecule has 6 nitrogen and oxygen atoms in total. The van der Waals surface area contributed by atoms with Gasteiger partial charge in [-0.05, 0) is 31.2 Å². The van der Waals surface area contributed by atoms with Gasteiger partial charge in [-0.15, -0.1) is 5.10 Å². The quantitative estimate of drug-likeness (QED) is 0.753. The van der Waals surface area contributed by atoms with E-state index < -0.39 is 0 Å². The van der Waals surface area contributed by atoms with E-state index >= 15 is 0 Å². The number of anilines is 2. The third kappa shape index (κ3) is 1.97.